The molecule has 1 aromatic rings. The average Bonchev–Trinajstić information content (AvgIpc) is 2.83. The molecule has 0 spiro atoms. The van der Waals surface area contributed by atoms with Gasteiger partial charge in [-0.05, 0) is 51.4 Å². The van der Waals surface area contributed by atoms with E-state index >= 15 is 0 Å². The van der Waals surface area contributed by atoms with E-state index < -0.39 is 0 Å². The van der Waals surface area contributed by atoms with Crippen LogP contribution in [0.15, 0.2) is 30.3 Å². The van der Waals surface area contributed by atoms with E-state index in [4.69, 9.17) is 5.73 Å². The highest BCUT2D eigenvalue weighted by Crippen LogP contribution is 2.15. The topological polar surface area (TPSA) is 32.5 Å². The van der Waals surface area contributed by atoms with Gasteiger partial charge < -0.3 is 15.5 Å². The van der Waals surface area contributed by atoms with Crippen LogP contribution in [0, 0.1) is 5.92 Å². The van der Waals surface area contributed by atoms with Crippen LogP contribution in [0.4, 0.5) is 0 Å². The molecule has 1 aliphatic heterocycles. The van der Waals surface area contributed by atoms with Gasteiger partial charge in [0.1, 0.15) is 0 Å². The lowest BCUT2D eigenvalue weighted by atomic mass is 10.0. The number of aryl methyl sites for hydroxylation is 1. The molecular formula is C17H29N3. The fraction of sp³-hybridized carbons (Fsp3) is 0.647. The van der Waals surface area contributed by atoms with Crippen molar-refractivity contribution in [2.75, 3.05) is 40.3 Å². The van der Waals surface area contributed by atoms with Gasteiger partial charge in [-0.3, -0.25) is 0 Å². The third-order valence-corrected chi connectivity index (χ3v) is 4.25. The summed E-state index contributed by atoms with van der Waals surface area (Å²) in [6.07, 6.45) is 3.49. The molecule has 2 unspecified atom stereocenters. The average molecular weight is 275 g/mol. The van der Waals surface area contributed by atoms with Gasteiger partial charge in [-0.25, -0.2) is 0 Å². The molecule has 1 saturated heterocycles. The Kier molecular flexibility index (Phi) is 6.02. The lowest BCUT2D eigenvalue weighted by Crippen LogP contribution is -2.38. The van der Waals surface area contributed by atoms with Crippen molar-refractivity contribution in [3.8, 4) is 0 Å². The predicted octanol–water partition coefficient (Wildman–Crippen LogP) is 1.83. The second-order valence-corrected chi connectivity index (χ2v) is 6.42. The van der Waals surface area contributed by atoms with Gasteiger partial charge in [-0.2, -0.15) is 0 Å². The number of hydrogen-bond acceptors (Lipinski definition) is 3. The minimum absolute atomic E-state index is 0.277. The molecule has 20 heavy (non-hydrogen) atoms. The summed E-state index contributed by atoms with van der Waals surface area (Å²) in [5.74, 6) is 0.825. The maximum atomic E-state index is 6.27. The first-order valence-corrected chi connectivity index (χ1v) is 7.80. The Labute approximate surface area is 123 Å². The van der Waals surface area contributed by atoms with Crippen LogP contribution in [-0.2, 0) is 6.42 Å². The van der Waals surface area contributed by atoms with Crippen molar-refractivity contribution in [3.63, 3.8) is 0 Å². The summed E-state index contributed by atoms with van der Waals surface area (Å²) in [7, 11) is 4.42. The second-order valence-electron chi connectivity index (χ2n) is 6.42. The lowest BCUT2D eigenvalue weighted by molar-refractivity contribution is 0.256. The summed E-state index contributed by atoms with van der Waals surface area (Å²) in [6, 6.07) is 10.9. The quantitative estimate of drug-likeness (QED) is 0.824. The van der Waals surface area contributed by atoms with Crippen molar-refractivity contribution >= 4 is 0 Å². The van der Waals surface area contributed by atoms with Crippen LogP contribution in [0.5, 0.6) is 0 Å². The van der Waals surface area contributed by atoms with Crippen LogP contribution in [0.25, 0.3) is 0 Å². The third kappa shape index (κ3) is 5.23. The number of likely N-dealkylation sites (N-methyl/N-ethyl adjacent to an activating group) is 1. The predicted molar refractivity (Wildman–Crippen MR) is 85.8 cm³/mol. The highest BCUT2D eigenvalue weighted by molar-refractivity contribution is 5.14. The highest BCUT2D eigenvalue weighted by atomic mass is 15.2. The van der Waals surface area contributed by atoms with Crippen LogP contribution >= 0.6 is 0 Å². The van der Waals surface area contributed by atoms with Gasteiger partial charge in [-0.15, -0.1) is 0 Å². The number of benzene rings is 1. The lowest BCUT2D eigenvalue weighted by Gasteiger charge is -2.24. The summed E-state index contributed by atoms with van der Waals surface area (Å²) in [5, 5.41) is 0. The number of nitrogens with zero attached hydrogens (tertiary/aromatic N) is 2. The largest absolute Gasteiger partial charge is 0.327 e. The molecule has 0 radical (unpaired) electrons. The standard InChI is InChI=1S/C17H29N3/c1-19-11-10-16(12-19)13-20(2)14-17(18)9-8-15-6-4-3-5-7-15/h3-7,16-17H,8-14,18H2,1-2H3. The Bertz CT molecular complexity index is 379. The molecule has 1 fully saturated rings. The zero-order chi connectivity index (χ0) is 14.4. The maximum absolute atomic E-state index is 6.27. The third-order valence-electron chi connectivity index (χ3n) is 4.25. The molecule has 3 nitrogen and oxygen atoms in total. The van der Waals surface area contributed by atoms with Gasteiger partial charge in [0, 0.05) is 25.7 Å². The summed E-state index contributed by atoms with van der Waals surface area (Å²) >= 11 is 0. The van der Waals surface area contributed by atoms with E-state index in [-0.39, 0.29) is 6.04 Å². The van der Waals surface area contributed by atoms with Crippen molar-refractivity contribution in [3.05, 3.63) is 35.9 Å². The molecule has 0 aromatic heterocycles. The van der Waals surface area contributed by atoms with Crippen molar-refractivity contribution in [1.29, 1.82) is 0 Å². The first-order chi connectivity index (χ1) is 9.63. The maximum Gasteiger partial charge on any atom is 0.0170 e. The molecule has 0 bridgehead atoms. The molecule has 2 atom stereocenters. The molecule has 3 heteroatoms. The molecule has 1 heterocycles. The van der Waals surface area contributed by atoms with Gasteiger partial charge >= 0.3 is 0 Å². The summed E-state index contributed by atoms with van der Waals surface area (Å²) < 4.78 is 0. The highest BCUT2D eigenvalue weighted by Gasteiger charge is 2.21. The Balaban J connectivity index is 1.64. The molecule has 1 aromatic carbocycles. The fourth-order valence-corrected chi connectivity index (χ4v) is 3.18. The van der Waals surface area contributed by atoms with E-state index in [0.717, 1.165) is 25.3 Å². The molecule has 0 aliphatic carbocycles. The number of nitrogens with two attached hydrogens (primary N) is 1. The molecule has 0 amide bonds. The van der Waals surface area contributed by atoms with Crippen LogP contribution in [0.1, 0.15) is 18.4 Å². The van der Waals surface area contributed by atoms with Crippen LogP contribution < -0.4 is 5.73 Å². The SMILES string of the molecule is CN1CCC(CN(C)CC(N)CCc2ccccc2)C1. The van der Waals surface area contributed by atoms with Crippen LogP contribution in [-0.4, -0.2) is 56.1 Å². The number of likely N-dealkylation sites (tertiary alicyclic amines) is 1. The van der Waals surface area contributed by atoms with Crippen molar-refractivity contribution in [2.24, 2.45) is 11.7 Å². The second kappa shape index (κ2) is 7.77. The fourth-order valence-electron chi connectivity index (χ4n) is 3.18. The molecular weight excluding hydrogens is 246 g/mol. The van der Waals surface area contributed by atoms with E-state index in [1.165, 1.54) is 31.6 Å². The van der Waals surface area contributed by atoms with E-state index in [1.54, 1.807) is 0 Å². The Hall–Kier alpha value is -0.900. The molecule has 0 saturated carbocycles. The Morgan fingerprint density at radius 3 is 2.75 bits per heavy atom. The Morgan fingerprint density at radius 1 is 1.35 bits per heavy atom. The van der Waals surface area contributed by atoms with Gasteiger partial charge in [0.15, 0.2) is 0 Å². The zero-order valence-corrected chi connectivity index (χ0v) is 13.0. The van der Waals surface area contributed by atoms with Crippen LogP contribution in [0.2, 0.25) is 0 Å². The molecule has 1 aliphatic rings. The zero-order valence-electron chi connectivity index (χ0n) is 13.0. The van der Waals surface area contributed by atoms with Crippen molar-refractivity contribution in [2.45, 2.75) is 25.3 Å². The van der Waals surface area contributed by atoms with Gasteiger partial charge in [0.2, 0.25) is 0 Å². The molecule has 2 rings (SSSR count). The normalized spacial score (nSPS) is 21.5. The first-order valence-electron chi connectivity index (χ1n) is 7.80. The van der Waals surface area contributed by atoms with E-state index in [1.807, 2.05) is 0 Å². The van der Waals surface area contributed by atoms with E-state index in [9.17, 15) is 0 Å². The van der Waals surface area contributed by atoms with Crippen molar-refractivity contribution < 1.29 is 0 Å². The number of rotatable bonds is 7. The summed E-state index contributed by atoms with van der Waals surface area (Å²) in [6.45, 7) is 4.68. The summed E-state index contributed by atoms with van der Waals surface area (Å²) in [5.41, 5.74) is 7.66. The minimum atomic E-state index is 0.277. The monoisotopic (exact) mass is 275 g/mol. The van der Waals surface area contributed by atoms with Crippen molar-refractivity contribution in [1.82, 2.24) is 9.80 Å². The van der Waals surface area contributed by atoms with Gasteiger partial charge in [0.25, 0.3) is 0 Å². The summed E-state index contributed by atoms with van der Waals surface area (Å²) in [4.78, 5) is 4.84. The van der Waals surface area contributed by atoms with Gasteiger partial charge in [-0.1, -0.05) is 30.3 Å². The number of hydrogen-bond donors (Lipinski definition) is 1. The Morgan fingerprint density at radius 2 is 2.10 bits per heavy atom. The van der Waals surface area contributed by atoms with Gasteiger partial charge in [0.05, 0.1) is 0 Å². The van der Waals surface area contributed by atoms with Crippen LogP contribution in [0.3, 0.4) is 0 Å². The smallest absolute Gasteiger partial charge is 0.0170 e. The molecule has 2 N–H and O–H groups in total. The molecule has 112 valence electrons. The van der Waals surface area contributed by atoms with E-state index in [2.05, 4.69) is 54.2 Å². The van der Waals surface area contributed by atoms with E-state index in [0.29, 0.717) is 0 Å². The minimum Gasteiger partial charge on any atom is -0.327 e. The first kappa shape index (κ1) is 15.5.